The zero-order valence-corrected chi connectivity index (χ0v) is 18.3. The van der Waals surface area contributed by atoms with Gasteiger partial charge in [-0.3, -0.25) is 4.79 Å². The third-order valence-corrected chi connectivity index (χ3v) is 7.70. The molecule has 0 saturated heterocycles. The number of rotatable bonds is 6. The standard InChI is InChI=1S/C26H25NO3S/c1-2-23-24(18-20-12-6-3-7-13-20)27(26(28)21-14-8-4-9-15-21)19-25(23)31(29,30)22-16-10-5-11-17-22/h3-17,24H,2,18-19H2,1H3. The summed E-state index contributed by atoms with van der Waals surface area (Å²) in [6, 6.07) is 27.2. The Morgan fingerprint density at radius 3 is 2.00 bits per heavy atom. The van der Waals surface area contributed by atoms with E-state index in [4.69, 9.17) is 0 Å². The van der Waals surface area contributed by atoms with Gasteiger partial charge in [0.1, 0.15) is 0 Å². The van der Waals surface area contributed by atoms with E-state index < -0.39 is 9.84 Å². The first kappa shape index (κ1) is 21.1. The van der Waals surface area contributed by atoms with Gasteiger partial charge in [0, 0.05) is 5.56 Å². The fourth-order valence-electron chi connectivity index (χ4n) is 4.20. The third kappa shape index (κ3) is 4.19. The molecule has 0 fully saturated rings. The van der Waals surface area contributed by atoms with Gasteiger partial charge in [-0.05, 0) is 48.2 Å². The molecule has 3 aromatic carbocycles. The number of hydrogen-bond acceptors (Lipinski definition) is 3. The Bertz CT molecular complexity index is 1190. The minimum absolute atomic E-state index is 0.0889. The summed E-state index contributed by atoms with van der Waals surface area (Å²) < 4.78 is 27.0. The van der Waals surface area contributed by atoms with E-state index in [2.05, 4.69) is 0 Å². The number of sulfone groups is 1. The lowest BCUT2D eigenvalue weighted by atomic mass is 9.97. The largest absolute Gasteiger partial charge is 0.327 e. The summed E-state index contributed by atoms with van der Waals surface area (Å²) >= 11 is 0. The second kappa shape index (κ2) is 8.90. The molecule has 1 aliphatic rings. The van der Waals surface area contributed by atoms with Gasteiger partial charge in [0.25, 0.3) is 5.91 Å². The predicted octanol–water partition coefficient (Wildman–Crippen LogP) is 4.89. The van der Waals surface area contributed by atoms with Crippen molar-refractivity contribution in [2.24, 2.45) is 0 Å². The number of benzene rings is 3. The molecule has 5 heteroatoms. The van der Waals surface area contributed by atoms with Gasteiger partial charge in [-0.2, -0.15) is 0 Å². The van der Waals surface area contributed by atoms with Crippen molar-refractivity contribution in [3.63, 3.8) is 0 Å². The quantitative estimate of drug-likeness (QED) is 0.558. The van der Waals surface area contributed by atoms with E-state index in [9.17, 15) is 13.2 Å². The zero-order valence-electron chi connectivity index (χ0n) is 17.4. The molecule has 0 radical (unpaired) electrons. The Balaban J connectivity index is 1.79. The average Bonchev–Trinajstić information content (AvgIpc) is 3.19. The lowest BCUT2D eigenvalue weighted by Gasteiger charge is -2.27. The van der Waals surface area contributed by atoms with Crippen LogP contribution < -0.4 is 0 Å². The first-order valence-electron chi connectivity index (χ1n) is 10.4. The second-order valence-corrected chi connectivity index (χ2v) is 9.59. The van der Waals surface area contributed by atoms with Crippen LogP contribution in [-0.2, 0) is 16.3 Å². The van der Waals surface area contributed by atoms with Gasteiger partial charge in [-0.1, -0.05) is 73.7 Å². The molecule has 1 amide bonds. The fourth-order valence-corrected chi connectivity index (χ4v) is 5.94. The van der Waals surface area contributed by atoms with Crippen LogP contribution in [0.4, 0.5) is 0 Å². The van der Waals surface area contributed by atoms with Crippen LogP contribution in [0.5, 0.6) is 0 Å². The molecule has 31 heavy (non-hydrogen) atoms. The summed E-state index contributed by atoms with van der Waals surface area (Å²) in [5.74, 6) is -0.147. The Hall–Kier alpha value is -3.18. The summed E-state index contributed by atoms with van der Waals surface area (Å²) in [5.41, 5.74) is 2.45. The first-order chi connectivity index (χ1) is 15.0. The van der Waals surface area contributed by atoms with Gasteiger partial charge in [-0.25, -0.2) is 8.42 Å². The highest BCUT2D eigenvalue weighted by Gasteiger charge is 2.40. The molecule has 1 heterocycles. The van der Waals surface area contributed by atoms with Crippen LogP contribution in [0, 0.1) is 0 Å². The molecule has 1 aliphatic heterocycles. The van der Waals surface area contributed by atoms with Crippen LogP contribution in [0.3, 0.4) is 0 Å². The molecule has 4 nitrogen and oxygen atoms in total. The van der Waals surface area contributed by atoms with Crippen molar-refractivity contribution >= 4 is 15.7 Å². The summed E-state index contributed by atoms with van der Waals surface area (Å²) in [4.78, 5) is 15.8. The smallest absolute Gasteiger partial charge is 0.254 e. The number of nitrogens with zero attached hydrogens (tertiary/aromatic N) is 1. The van der Waals surface area contributed by atoms with Crippen LogP contribution in [0.1, 0.15) is 29.3 Å². The first-order valence-corrected chi connectivity index (χ1v) is 11.9. The second-order valence-electron chi connectivity index (χ2n) is 7.62. The number of hydrogen-bond donors (Lipinski definition) is 0. The maximum atomic E-state index is 13.5. The molecule has 1 unspecified atom stereocenters. The van der Waals surface area contributed by atoms with Crippen LogP contribution >= 0.6 is 0 Å². The van der Waals surface area contributed by atoms with E-state index in [-0.39, 0.29) is 23.4 Å². The monoisotopic (exact) mass is 431 g/mol. The van der Waals surface area contributed by atoms with E-state index in [1.54, 1.807) is 47.4 Å². The van der Waals surface area contributed by atoms with Crippen molar-refractivity contribution < 1.29 is 13.2 Å². The highest BCUT2D eigenvalue weighted by molar-refractivity contribution is 7.95. The van der Waals surface area contributed by atoms with Gasteiger partial charge in [0.05, 0.1) is 22.4 Å². The topological polar surface area (TPSA) is 54.5 Å². The molecule has 0 bridgehead atoms. The van der Waals surface area contributed by atoms with E-state index in [1.165, 1.54) is 0 Å². The minimum Gasteiger partial charge on any atom is -0.327 e. The molecule has 4 rings (SSSR count). The van der Waals surface area contributed by atoms with Crippen LogP contribution in [0.2, 0.25) is 0 Å². The average molecular weight is 432 g/mol. The molecule has 1 atom stereocenters. The van der Waals surface area contributed by atoms with Crippen molar-refractivity contribution in [2.75, 3.05) is 6.54 Å². The molecule has 0 saturated carbocycles. The highest BCUT2D eigenvalue weighted by atomic mass is 32.2. The van der Waals surface area contributed by atoms with E-state index in [0.29, 0.717) is 23.3 Å². The van der Waals surface area contributed by atoms with Crippen molar-refractivity contribution in [2.45, 2.75) is 30.7 Å². The fraction of sp³-hybridized carbons (Fsp3) is 0.192. The van der Waals surface area contributed by atoms with Gasteiger partial charge >= 0.3 is 0 Å². The van der Waals surface area contributed by atoms with Crippen molar-refractivity contribution in [3.05, 3.63) is 113 Å². The molecule has 0 spiro atoms. The van der Waals surface area contributed by atoms with Crippen molar-refractivity contribution in [3.8, 4) is 0 Å². The molecular weight excluding hydrogens is 406 g/mol. The third-order valence-electron chi connectivity index (χ3n) is 5.76. The molecule has 158 valence electrons. The molecule has 0 N–H and O–H groups in total. The van der Waals surface area contributed by atoms with E-state index in [0.717, 1.165) is 11.1 Å². The predicted molar refractivity (Wildman–Crippen MR) is 122 cm³/mol. The normalized spacial score (nSPS) is 16.5. The van der Waals surface area contributed by atoms with E-state index >= 15 is 0 Å². The van der Waals surface area contributed by atoms with Gasteiger partial charge < -0.3 is 4.90 Å². The van der Waals surface area contributed by atoms with Gasteiger partial charge in [-0.15, -0.1) is 0 Å². The Kier molecular flexibility index (Phi) is 6.05. The SMILES string of the molecule is CCC1=C(S(=O)(=O)c2ccccc2)CN(C(=O)c2ccccc2)C1Cc1ccccc1. The molecule has 0 aliphatic carbocycles. The zero-order chi connectivity index (χ0) is 21.8. The number of carbonyl (C=O) groups excluding carboxylic acids is 1. The highest BCUT2D eigenvalue weighted by Crippen LogP contribution is 2.36. The Morgan fingerprint density at radius 2 is 1.42 bits per heavy atom. The lowest BCUT2D eigenvalue weighted by Crippen LogP contribution is -2.39. The van der Waals surface area contributed by atoms with Crippen LogP contribution in [0.25, 0.3) is 0 Å². The van der Waals surface area contributed by atoms with Gasteiger partial charge in [0.2, 0.25) is 9.84 Å². The molecule has 3 aromatic rings. The van der Waals surface area contributed by atoms with Crippen LogP contribution in [-0.4, -0.2) is 31.8 Å². The molecular formula is C26H25NO3S. The Labute approximate surface area is 183 Å². The molecule has 0 aromatic heterocycles. The number of carbonyl (C=O) groups is 1. The van der Waals surface area contributed by atoms with E-state index in [1.807, 2.05) is 55.5 Å². The number of amides is 1. The van der Waals surface area contributed by atoms with Crippen molar-refractivity contribution in [1.29, 1.82) is 0 Å². The summed E-state index contributed by atoms with van der Waals surface area (Å²) in [6.45, 7) is 2.05. The maximum absolute atomic E-state index is 13.5. The van der Waals surface area contributed by atoms with Crippen molar-refractivity contribution in [1.82, 2.24) is 4.90 Å². The summed E-state index contributed by atoms with van der Waals surface area (Å²) in [5, 5.41) is 0. The summed E-state index contributed by atoms with van der Waals surface area (Å²) in [7, 11) is -3.69. The Morgan fingerprint density at radius 1 is 0.871 bits per heavy atom. The van der Waals surface area contributed by atoms with Gasteiger partial charge in [0.15, 0.2) is 0 Å². The maximum Gasteiger partial charge on any atom is 0.254 e. The lowest BCUT2D eigenvalue weighted by molar-refractivity contribution is 0.0743. The summed E-state index contributed by atoms with van der Waals surface area (Å²) in [6.07, 6.45) is 1.15. The van der Waals surface area contributed by atoms with Crippen LogP contribution in [0.15, 0.2) is 106 Å². The minimum atomic E-state index is -3.69.